The standard InChI is InChI=1S/C20H29Cl15Si5/c1-7(14(26,27)9(21)36)15(17(28,29)10(22)37,18(30,31)11(23)38)16(19(32,33)12(24)39,20(34,35)13(25)40)8-5-3-2-4-6-8/h2-7,9-13H,1,36-40H3. The van der Waals surface area contributed by atoms with Gasteiger partial charge in [0.1, 0.15) is 21.7 Å². The molecule has 6 atom stereocenters. The lowest BCUT2D eigenvalue weighted by Crippen LogP contribution is -2.82. The number of hydrogen-bond donors (Lipinski definition) is 0. The topological polar surface area (TPSA) is 0 Å². The van der Waals surface area contributed by atoms with Crippen LogP contribution in [-0.2, 0) is 5.41 Å². The molecule has 0 amide bonds. The molecule has 0 heterocycles. The van der Waals surface area contributed by atoms with Crippen molar-refractivity contribution in [1.29, 1.82) is 0 Å². The van der Waals surface area contributed by atoms with Crippen molar-refractivity contribution in [3.05, 3.63) is 35.9 Å². The lowest BCUT2D eigenvalue weighted by Gasteiger charge is -2.71. The molecule has 20 heteroatoms. The lowest BCUT2D eigenvalue weighted by molar-refractivity contribution is -0.0120. The Labute approximate surface area is 327 Å². The van der Waals surface area contributed by atoms with E-state index in [1.54, 1.807) is 37.3 Å². The Bertz CT molecular complexity index is 946. The van der Waals surface area contributed by atoms with E-state index in [4.69, 9.17) is 174 Å². The SMILES string of the molecule is CC(C(Cl)(Cl)C([SiH3])Cl)C(C(Cl)(Cl)C([SiH3])Cl)(C(Cl)(Cl)C([SiH3])Cl)C(c1ccccc1)(C(Cl)(Cl)C([SiH3])Cl)C(Cl)(Cl)C([SiH3])Cl. The molecule has 1 rings (SSSR count). The van der Waals surface area contributed by atoms with E-state index in [9.17, 15) is 0 Å². The van der Waals surface area contributed by atoms with Gasteiger partial charge in [-0.3, -0.25) is 0 Å². The Hall–Kier alpha value is 4.65. The van der Waals surface area contributed by atoms with Gasteiger partial charge in [0.25, 0.3) is 0 Å². The number of rotatable bonds is 13. The van der Waals surface area contributed by atoms with Crippen molar-refractivity contribution >= 4 is 225 Å². The molecule has 0 aliphatic heterocycles. The van der Waals surface area contributed by atoms with Crippen molar-refractivity contribution < 1.29 is 0 Å². The van der Waals surface area contributed by atoms with Crippen LogP contribution in [0, 0.1) is 11.3 Å². The first kappa shape index (κ1) is 42.7. The molecule has 234 valence electrons. The first-order valence-corrected chi connectivity index (χ1v) is 23.6. The van der Waals surface area contributed by atoms with E-state index in [0.717, 1.165) is 0 Å². The highest BCUT2D eigenvalue weighted by Gasteiger charge is 2.86. The fourth-order valence-electron chi connectivity index (χ4n) is 5.53. The van der Waals surface area contributed by atoms with Crippen LogP contribution in [-0.4, -0.2) is 97.9 Å². The van der Waals surface area contributed by atoms with E-state index in [1.165, 1.54) is 0 Å². The van der Waals surface area contributed by atoms with Gasteiger partial charge in [-0.1, -0.05) is 130 Å². The third-order valence-corrected chi connectivity index (χ3v) is 24.7. The normalized spacial score (nSPS) is 22.3. The molecule has 0 fully saturated rings. The van der Waals surface area contributed by atoms with Gasteiger partial charge in [0.05, 0.1) is 20.8 Å². The van der Waals surface area contributed by atoms with Gasteiger partial charge < -0.3 is 0 Å². The Morgan fingerprint density at radius 2 is 0.800 bits per heavy atom. The third kappa shape index (κ3) is 6.63. The van der Waals surface area contributed by atoms with E-state index in [0.29, 0.717) is 15.8 Å². The predicted molar refractivity (Wildman–Crippen MR) is 210 cm³/mol. The van der Waals surface area contributed by atoms with Crippen LogP contribution in [0.3, 0.4) is 0 Å². The maximum atomic E-state index is 7.49. The van der Waals surface area contributed by atoms with Crippen molar-refractivity contribution in [3.63, 3.8) is 0 Å². The number of alkyl halides is 15. The van der Waals surface area contributed by atoms with E-state index in [2.05, 4.69) is 0 Å². The molecule has 0 radical (unpaired) electrons. The Morgan fingerprint density at radius 1 is 0.500 bits per heavy atom. The predicted octanol–water partition coefficient (Wildman–Crippen LogP) is 5.07. The van der Waals surface area contributed by atoms with Crippen molar-refractivity contribution in [2.75, 3.05) is 0 Å². The van der Waals surface area contributed by atoms with E-state index >= 15 is 0 Å². The maximum absolute atomic E-state index is 7.49. The molecule has 0 aliphatic rings. The largest absolute Gasteiger partial charge is 0.144 e. The van der Waals surface area contributed by atoms with Crippen LogP contribution in [0.5, 0.6) is 0 Å². The van der Waals surface area contributed by atoms with Crippen molar-refractivity contribution in [2.45, 2.75) is 59.0 Å². The number of benzene rings is 1. The van der Waals surface area contributed by atoms with E-state index < -0.39 is 63.4 Å². The van der Waals surface area contributed by atoms with Gasteiger partial charge >= 0.3 is 0 Å². The maximum Gasteiger partial charge on any atom is 0.144 e. The summed E-state index contributed by atoms with van der Waals surface area (Å²) >= 11 is 108. The summed E-state index contributed by atoms with van der Waals surface area (Å²) in [6.45, 7) is 1.63. The van der Waals surface area contributed by atoms with Crippen LogP contribution >= 0.6 is 174 Å². The second kappa shape index (κ2) is 15.0. The quantitative estimate of drug-likeness (QED) is 0.192. The van der Waals surface area contributed by atoms with Gasteiger partial charge in [0, 0.05) is 72.1 Å². The van der Waals surface area contributed by atoms with Crippen LogP contribution in [0.25, 0.3) is 0 Å². The first-order chi connectivity index (χ1) is 17.7. The summed E-state index contributed by atoms with van der Waals surface area (Å²) in [4.78, 5) is 0. The van der Waals surface area contributed by atoms with Crippen molar-refractivity contribution in [2.24, 2.45) is 11.3 Å². The summed E-state index contributed by atoms with van der Waals surface area (Å²) in [7, 11) is 1.15. The Kier molecular flexibility index (Phi) is 16.1. The summed E-state index contributed by atoms with van der Waals surface area (Å²) in [5.74, 6) is -1.21. The second-order valence-corrected chi connectivity index (χ2v) is 29.6. The summed E-state index contributed by atoms with van der Waals surface area (Å²) in [6.07, 6.45) is 0. The minimum absolute atomic E-state index is 0.200. The molecule has 6 unspecified atom stereocenters. The molecule has 0 bridgehead atoms. The highest BCUT2D eigenvalue weighted by atomic mass is 35.6. The van der Waals surface area contributed by atoms with Crippen molar-refractivity contribution in [3.8, 4) is 0 Å². The molecule has 0 N–H and O–H groups in total. The highest BCUT2D eigenvalue weighted by molar-refractivity contribution is 6.67. The average molecular weight is 942 g/mol. The summed E-state index contributed by atoms with van der Waals surface area (Å²) in [6, 6.07) is 8.58. The molecule has 0 aliphatic carbocycles. The molecule has 0 saturated heterocycles. The summed E-state index contributed by atoms with van der Waals surface area (Å²) < 4.78 is -10.5. The zero-order valence-electron chi connectivity index (χ0n) is 22.0. The fraction of sp³-hybridized carbons (Fsp3) is 0.700. The van der Waals surface area contributed by atoms with Gasteiger partial charge in [-0.05, 0) is 5.56 Å². The Morgan fingerprint density at radius 3 is 1.05 bits per heavy atom. The molecule has 0 saturated carbocycles. The van der Waals surface area contributed by atoms with Crippen LogP contribution < -0.4 is 0 Å². The molecule has 1 aromatic carbocycles. The third-order valence-electron chi connectivity index (χ3n) is 7.61. The van der Waals surface area contributed by atoms with Crippen LogP contribution in [0.1, 0.15) is 12.5 Å². The number of halogens is 15. The van der Waals surface area contributed by atoms with Gasteiger partial charge in [-0.25, -0.2) is 0 Å². The van der Waals surface area contributed by atoms with Gasteiger partial charge in [-0.15, -0.1) is 81.2 Å². The molecule has 40 heavy (non-hydrogen) atoms. The lowest BCUT2D eigenvalue weighted by atomic mass is 9.48. The number of hydrogen-bond acceptors (Lipinski definition) is 0. The zero-order valence-corrected chi connectivity index (χ0v) is 43.4. The van der Waals surface area contributed by atoms with Crippen LogP contribution in [0.4, 0.5) is 0 Å². The highest BCUT2D eigenvalue weighted by Crippen LogP contribution is 2.79. The minimum atomic E-state index is -2.20. The minimum Gasteiger partial charge on any atom is -0.124 e. The Balaban J connectivity index is 5.18. The van der Waals surface area contributed by atoms with Gasteiger partial charge in [0.15, 0.2) is 0 Å². The molecule has 0 aromatic heterocycles. The first-order valence-electron chi connectivity index (χ1n) is 11.9. The fourth-order valence-corrected chi connectivity index (χ4v) is 12.8. The summed E-state index contributed by atoms with van der Waals surface area (Å²) in [5.41, 5.74) is -4.04. The van der Waals surface area contributed by atoms with Crippen molar-refractivity contribution in [1.82, 2.24) is 0 Å². The zero-order chi connectivity index (χ0) is 32.1. The average Bonchev–Trinajstić information content (AvgIpc) is 2.81. The van der Waals surface area contributed by atoms with E-state index in [-0.39, 0.29) is 41.0 Å². The van der Waals surface area contributed by atoms with Gasteiger partial charge in [-0.2, -0.15) is 0 Å². The smallest absolute Gasteiger partial charge is 0.124 e. The van der Waals surface area contributed by atoms with Gasteiger partial charge in [0.2, 0.25) is 0 Å². The molecule has 1 aromatic rings. The molecule has 0 nitrogen and oxygen atoms in total. The molecular weight excluding hydrogens is 912 g/mol. The second-order valence-electron chi connectivity index (χ2n) is 9.89. The van der Waals surface area contributed by atoms with Crippen LogP contribution in [0.2, 0.25) is 0 Å². The summed E-state index contributed by atoms with van der Waals surface area (Å²) in [5, 5.41) is -4.82. The molecule has 0 spiro atoms. The van der Waals surface area contributed by atoms with E-state index in [1.807, 2.05) is 0 Å². The molecular formula is C20H29Cl15Si5. The monoisotopic (exact) mass is 934 g/mol. The van der Waals surface area contributed by atoms with Crippen LogP contribution in [0.15, 0.2) is 30.3 Å².